The molecule has 1 saturated heterocycles. The minimum absolute atomic E-state index is 0.302. The molecule has 1 aliphatic rings. The molecule has 1 aliphatic heterocycles. The van der Waals surface area contributed by atoms with E-state index in [1.807, 2.05) is 91.0 Å². The third-order valence-corrected chi connectivity index (χ3v) is 5.48. The van der Waals surface area contributed by atoms with Crippen molar-refractivity contribution in [2.45, 2.75) is 50.8 Å². The van der Waals surface area contributed by atoms with Crippen molar-refractivity contribution < 1.29 is 24.1 Å². The Kier molecular flexibility index (Phi) is 8.42. The van der Waals surface area contributed by atoms with Crippen LogP contribution in [-0.2, 0) is 38.8 Å². The highest BCUT2D eigenvalue weighted by atomic mass is 16.6. The van der Waals surface area contributed by atoms with Crippen molar-refractivity contribution in [3.05, 3.63) is 108 Å². The first-order valence-corrected chi connectivity index (χ1v) is 11.0. The van der Waals surface area contributed by atoms with Crippen LogP contribution in [0.15, 0.2) is 91.0 Å². The first kappa shape index (κ1) is 22.6. The van der Waals surface area contributed by atoms with E-state index < -0.39 is 12.4 Å². The highest BCUT2D eigenvalue weighted by Gasteiger charge is 2.40. The van der Waals surface area contributed by atoms with E-state index in [0.29, 0.717) is 32.8 Å². The highest BCUT2D eigenvalue weighted by Crippen LogP contribution is 2.27. The van der Waals surface area contributed by atoms with E-state index in [9.17, 15) is 5.11 Å². The van der Waals surface area contributed by atoms with Gasteiger partial charge in [-0.05, 0) is 16.7 Å². The molecule has 32 heavy (non-hydrogen) atoms. The highest BCUT2D eigenvalue weighted by molar-refractivity contribution is 5.15. The van der Waals surface area contributed by atoms with Gasteiger partial charge in [0.25, 0.3) is 0 Å². The van der Waals surface area contributed by atoms with Crippen LogP contribution < -0.4 is 0 Å². The second-order valence-electron chi connectivity index (χ2n) is 7.96. The smallest absolute Gasteiger partial charge is 0.157 e. The maximum Gasteiger partial charge on any atom is 0.157 e. The standard InChI is InChI=1S/C27H30O5/c28-26-16-24(30-18-22-12-6-2-7-13-22)27(31-19-23-14-8-3-9-15-23)25(32-26)20-29-17-21-10-4-1-5-11-21/h1-15,24-28H,16-20H2/t24-,25-,26?,27+/m1/s1. The Morgan fingerprint density at radius 1 is 0.688 bits per heavy atom. The Bertz CT molecular complexity index is 903. The average molecular weight is 435 g/mol. The average Bonchev–Trinajstić information content (AvgIpc) is 2.84. The Morgan fingerprint density at radius 2 is 1.19 bits per heavy atom. The lowest BCUT2D eigenvalue weighted by atomic mass is 10.0. The molecule has 1 heterocycles. The van der Waals surface area contributed by atoms with Crippen molar-refractivity contribution in [2.24, 2.45) is 0 Å². The summed E-state index contributed by atoms with van der Waals surface area (Å²) in [6.07, 6.45) is -1.68. The van der Waals surface area contributed by atoms with E-state index in [2.05, 4.69) is 0 Å². The zero-order valence-electron chi connectivity index (χ0n) is 18.1. The van der Waals surface area contributed by atoms with E-state index in [1.54, 1.807) is 0 Å². The lowest BCUT2D eigenvalue weighted by Gasteiger charge is -2.39. The molecule has 1 fully saturated rings. The first-order chi connectivity index (χ1) is 15.8. The summed E-state index contributed by atoms with van der Waals surface area (Å²) in [5, 5.41) is 10.4. The Balaban J connectivity index is 1.42. The van der Waals surface area contributed by atoms with Crippen molar-refractivity contribution >= 4 is 0 Å². The molecular weight excluding hydrogens is 404 g/mol. The summed E-state index contributed by atoms with van der Waals surface area (Å²) in [6, 6.07) is 30.0. The van der Waals surface area contributed by atoms with Gasteiger partial charge in [0, 0.05) is 6.42 Å². The van der Waals surface area contributed by atoms with Crippen molar-refractivity contribution in [2.75, 3.05) is 6.61 Å². The molecule has 0 amide bonds. The molecule has 5 nitrogen and oxygen atoms in total. The Morgan fingerprint density at radius 3 is 1.75 bits per heavy atom. The van der Waals surface area contributed by atoms with Gasteiger partial charge in [0.2, 0.25) is 0 Å². The lowest BCUT2D eigenvalue weighted by Crippen LogP contribution is -2.52. The van der Waals surface area contributed by atoms with E-state index in [4.69, 9.17) is 18.9 Å². The van der Waals surface area contributed by atoms with Crippen molar-refractivity contribution in [1.82, 2.24) is 0 Å². The van der Waals surface area contributed by atoms with Crippen LogP contribution in [0.2, 0.25) is 0 Å². The number of hydrogen-bond donors (Lipinski definition) is 1. The molecular formula is C27H30O5. The lowest BCUT2D eigenvalue weighted by molar-refractivity contribution is -0.265. The fourth-order valence-corrected chi connectivity index (χ4v) is 3.83. The van der Waals surface area contributed by atoms with Crippen molar-refractivity contribution in [1.29, 1.82) is 0 Å². The number of rotatable bonds is 10. The van der Waals surface area contributed by atoms with E-state index in [1.165, 1.54) is 0 Å². The van der Waals surface area contributed by atoms with Crippen LogP contribution >= 0.6 is 0 Å². The molecule has 0 saturated carbocycles. The summed E-state index contributed by atoms with van der Waals surface area (Å²) in [6.45, 7) is 1.65. The minimum atomic E-state index is -0.919. The fraction of sp³-hybridized carbons (Fsp3) is 0.333. The van der Waals surface area contributed by atoms with Crippen LogP contribution in [0.25, 0.3) is 0 Å². The van der Waals surface area contributed by atoms with Gasteiger partial charge in [0.1, 0.15) is 12.2 Å². The predicted octanol–water partition coefficient (Wildman–Crippen LogP) is 4.48. The van der Waals surface area contributed by atoms with Crippen LogP contribution in [0.3, 0.4) is 0 Å². The summed E-state index contributed by atoms with van der Waals surface area (Å²) < 4.78 is 24.3. The monoisotopic (exact) mass is 434 g/mol. The van der Waals surface area contributed by atoms with Crippen LogP contribution in [-0.4, -0.2) is 36.3 Å². The summed E-state index contributed by atoms with van der Waals surface area (Å²) in [7, 11) is 0. The third kappa shape index (κ3) is 6.73. The van der Waals surface area contributed by atoms with E-state index in [-0.39, 0.29) is 12.2 Å². The number of hydrogen-bond acceptors (Lipinski definition) is 5. The summed E-state index contributed by atoms with van der Waals surface area (Å²) in [5.74, 6) is 0. The Labute approximate surface area is 189 Å². The molecule has 0 radical (unpaired) electrons. The van der Waals surface area contributed by atoms with E-state index in [0.717, 1.165) is 16.7 Å². The fourth-order valence-electron chi connectivity index (χ4n) is 3.83. The molecule has 5 heteroatoms. The molecule has 0 aromatic heterocycles. The van der Waals surface area contributed by atoms with Crippen LogP contribution in [0.5, 0.6) is 0 Å². The van der Waals surface area contributed by atoms with Gasteiger partial charge >= 0.3 is 0 Å². The molecule has 3 aromatic rings. The first-order valence-electron chi connectivity index (χ1n) is 11.0. The van der Waals surface area contributed by atoms with Crippen molar-refractivity contribution in [3.8, 4) is 0 Å². The minimum Gasteiger partial charge on any atom is -0.374 e. The van der Waals surface area contributed by atoms with Crippen LogP contribution in [0, 0.1) is 0 Å². The van der Waals surface area contributed by atoms with Gasteiger partial charge in [0.05, 0.1) is 32.5 Å². The molecule has 4 rings (SSSR count). The largest absolute Gasteiger partial charge is 0.374 e. The Hall–Kier alpha value is -2.54. The maximum atomic E-state index is 10.4. The zero-order valence-corrected chi connectivity index (χ0v) is 18.1. The summed E-state index contributed by atoms with van der Waals surface area (Å²) in [4.78, 5) is 0. The van der Waals surface area contributed by atoms with Gasteiger partial charge in [-0.3, -0.25) is 0 Å². The third-order valence-electron chi connectivity index (χ3n) is 5.48. The molecule has 0 aliphatic carbocycles. The van der Waals surface area contributed by atoms with Gasteiger partial charge in [0.15, 0.2) is 6.29 Å². The molecule has 0 spiro atoms. The number of aliphatic hydroxyl groups excluding tert-OH is 1. The normalized spacial score (nSPS) is 23.2. The SMILES string of the molecule is OC1C[C@@H](OCc2ccccc2)[C@H](OCc2ccccc2)[C@@H](COCc2ccccc2)O1. The van der Waals surface area contributed by atoms with Crippen LogP contribution in [0.4, 0.5) is 0 Å². The quantitative estimate of drug-likeness (QED) is 0.510. The van der Waals surface area contributed by atoms with Gasteiger partial charge in [-0.15, -0.1) is 0 Å². The second kappa shape index (κ2) is 11.9. The zero-order chi connectivity index (χ0) is 22.0. The molecule has 168 valence electrons. The predicted molar refractivity (Wildman–Crippen MR) is 122 cm³/mol. The maximum absolute atomic E-state index is 10.4. The van der Waals surface area contributed by atoms with E-state index >= 15 is 0 Å². The van der Waals surface area contributed by atoms with Gasteiger partial charge < -0.3 is 24.1 Å². The molecule has 3 aromatic carbocycles. The molecule has 1 unspecified atom stereocenters. The number of ether oxygens (including phenoxy) is 4. The second-order valence-corrected chi connectivity index (χ2v) is 7.96. The number of aliphatic hydroxyl groups is 1. The topological polar surface area (TPSA) is 57.2 Å². The molecule has 1 N–H and O–H groups in total. The van der Waals surface area contributed by atoms with Gasteiger partial charge in [-0.1, -0.05) is 91.0 Å². The van der Waals surface area contributed by atoms with Gasteiger partial charge in [-0.2, -0.15) is 0 Å². The summed E-state index contributed by atoms with van der Waals surface area (Å²) in [5.41, 5.74) is 3.24. The number of benzene rings is 3. The van der Waals surface area contributed by atoms with Gasteiger partial charge in [-0.25, -0.2) is 0 Å². The molecule has 0 bridgehead atoms. The summed E-state index contributed by atoms with van der Waals surface area (Å²) >= 11 is 0. The molecule has 4 atom stereocenters. The van der Waals surface area contributed by atoms with Crippen LogP contribution in [0.1, 0.15) is 23.1 Å². The van der Waals surface area contributed by atoms with Crippen molar-refractivity contribution in [3.63, 3.8) is 0 Å².